The number of hydrogen-bond acceptors (Lipinski definition) is 4. The number of ether oxygens (including phenoxy) is 1. The van der Waals surface area contributed by atoms with Gasteiger partial charge in [0.1, 0.15) is 12.4 Å². The number of nitrogens with zero attached hydrogens (tertiary/aromatic N) is 2. The van der Waals surface area contributed by atoms with Crippen molar-refractivity contribution >= 4 is 28.8 Å². The van der Waals surface area contributed by atoms with Gasteiger partial charge in [0.25, 0.3) is 5.91 Å². The number of aromatic nitrogens is 2. The van der Waals surface area contributed by atoms with E-state index in [1.54, 1.807) is 17.1 Å². The number of carbonyl (C=O) groups is 1. The molecule has 0 atom stereocenters. The van der Waals surface area contributed by atoms with E-state index in [4.69, 9.17) is 16.3 Å². The maximum Gasteiger partial charge on any atom is 0.261 e. The quantitative estimate of drug-likeness (QED) is 0.658. The van der Waals surface area contributed by atoms with Crippen molar-refractivity contribution < 1.29 is 9.53 Å². The second-order valence-electron chi connectivity index (χ2n) is 6.05. The van der Waals surface area contributed by atoms with Crippen molar-refractivity contribution in [2.24, 2.45) is 0 Å². The van der Waals surface area contributed by atoms with Gasteiger partial charge in [0.15, 0.2) is 0 Å². The molecule has 0 aliphatic heterocycles. The van der Waals surface area contributed by atoms with Gasteiger partial charge in [0.2, 0.25) is 0 Å². The summed E-state index contributed by atoms with van der Waals surface area (Å²) in [6.45, 7) is 5.60. The van der Waals surface area contributed by atoms with Crippen LogP contribution in [0.3, 0.4) is 0 Å². The number of nitrogens with one attached hydrogen (secondary N) is 1. The Hall–Kier alpha value is -2.31. The van der Waals surface area contributed by atoms with Crippen LogP contribution in [0.25, 0.3) is 0 Å². The van der Waals surface area contributed by atoms with Crippen LogP contribution in [-0.4, -0.2) is 22.2 Å². The lowest BCUT2D eigenvalue weighted by molar-refractivity contribution is 0.0956. The highest BCUT2D eigenvalue weighted by Crippen LogP contribution is 2.21. The van der Waals surface area contributed by atoms with Gasteiger partial charge < -0.3 is 10.1 Å². The lowest BCUT2D eigenvalue weighted by Gasteiger charge is -2.08. The second-order valence-corrected chi connectivity index (χ2v) is 7.40. The molecular weight excluding hydrogens is 370 g/mol. The minimum Gasteiger partial charge on any atom is -0.489 e. The van der Waals surface area contributed by atoms with Crippen LogP contribution in [0.1, 0.15) is 26.4 Å². The minimum atomic E-state index is -0.0916. The van der Waals surface area contributed by atoms with Gasteiger partial charge in [0.05, 0.1) is 22.6 Å². The lowest BCUT2D eigenvalue weighted by atomic mass is 10.1. The fourth-order valence-electron chi connectivity index (χ4n) is 2.52. The summed E-state index contributed by atoms with van der Waals surface area (Å²) in [5.41, 5.74) is 3.30. The number of thiophene rings is 1. The van der Waals surface area contributed by atoms with Gasteiger partial charge in [-0.15, -0.1) is 11.3 Å². The number of aryl methyl sites for hydroxylation is 2. The van der Waals surface area contributed by atoms with E-state index in [0.29, 0.717) is 29.6 Å². The zero-order chi connectivity index (χ0) is 18.5. The van der Waals surface area contributed by atoms with Crippen LogP contribution in [0.4, 0.5) is 0 Å². The number of rotatable bonds is 7. The zero-order valence-electron chi connectivity index (χ0n) is 14.7. The summed E-state index contributed by atoms with van der Waals surface area (Å²) in [5, 5.41) is 9.50. The molecule has 26 heavy (non-hydrogen) atoms. The molecule has 1 aromatic carbocycles. The molecule has 1 N–H and O–H groups in total. The molecular formula is C19H20ClN3O2S. The third-order valence-corrected chi connectivity index (χ3v) is 5.00. The first kappa shape index (κ1) is 18.5. The van der Waals surface area contributed by atoms with Gasteiger partial charge in [-0.3, -0.25) is 9.48 Å². The standard InChI is InChI=1S/C19H20ClN3O2S/c1-13-3-4-17(14(2)7-13)25-11-15-8-18(26-12-15)19(24)21-5-6-23-10-16(20)9-22-23/h3-4,7-10,12H,5-6,11H2,1-2H3,(H,21,24). The number of amides is 1. The Bertz CT molecular complexity index is 904. The Labute approximate surface area is 161 Å². The summed E-state index contributed by atoms with van der Waals surface area (Å²) >= 11 is 7.23. The van der Waals surface area contributed by atoms with Gasteiger partial charge in [-0.2, -0.15) is 5.10 Å². The second kappa shape index (κ2) is 8.38. The molecule has 0 unspecified atom stereocenters. The van der Waals surface area contributed by atoms with Crippen molar-refractivity contribution in [2.75, 3.05) is 6.54 Å². The van der Waals surface area contributed by atoms with E-state index in [0.717, 1.165) is 16.9 Å². The SMILES string of the molecule is Cc1ccc(OCc2csc(C(=O)NCCn3cc(Cl)cn3)c2)c(C)c1. The molecule has 0 bridgehead atoms. The van der Waals surface area contributed by atoms with E-state index in [2.05, 4.69) is 23.4 Å². The van der Waals surface area contributed by atoms with Crippen molar-refractivity contribution in [1.29, 1.82) is 0 Å². The highest BCUT2D eigenvalue weighted by molar-refractivity contribution is 7.12. The first-order valence-corrected chi connectivity index (χ1v) is 9.50. The summed E-state index contributed by atoms with van der Waals surface area (Å²) in [5.74, 6) is 0.775. The van der Waals surface area contributed by atoms with E-state index < -0.39 is 0 Å². The molecule has 0 saturated carbocycles. The topological polar surface area (TPSA) is 56.1 Å². The average Bonchev–Trinajstić information content (AvgIpc) is 3.23. The molecule has 3 rings (SSSR count). The zero-order valence-corrected chi connectivity index (χ0v) is 16.2. The van der Waals surface area contributed by atoms with Crippen molar-refractivity contribution in [3.05, 3.63) is 68.6 Å². The summed E-state index contributed by atoms with van der Waals surface area (Å²) < 4.78 is 7.56. The molecule has 5 nitrogen and oxygen atoms in total. The van der Waals surface area contributed by atoms with Crippen molar-refractivity contribution in [1.82, 2.24) is 15.1 Å². The summed E-state index contributed by atoms with van der Waals surface area (Å²) in [6.07, 6.45) is 3.30. The molecule has 0 aliphatic carbocycles. The third-order valence-electron chi connectivity index (χ3n) is 3.83. The maximum absolute atomic E-state index is 12.2. The Morgan fingerprint density at radius 1 is 1.35 bits per heavy atom. The molecule has 0 spiro atoms. The van der Waals surface area contributed by atoms with Crippen LogP contribution in [0, 0.1) is 13.8 Å². The van der Waals surface area contributed by atoms with Crippen LogP contribution in [-0.2, 0) is 13.2 Å². The predicted molar refractivity (Wildman–Crippen MR) is 104 cm³/mol. The molecule has 0 radical (unpaired) electrons. The molecule has 136 valence electrons. The fraction of sp³-hybridized carbons (Fsp3) is 0.263. The van der Waals surface area contributed by atoms with Crippen LogP contribution < -0.4 is 10.1 Å². The molecule has 1 amide bonds. The number of benzene rings is 1. The van der Waals surface area contributed by atoms with Crippen LogP contribution >= 0.6 is 22.9 Å². The molecule has 7 heteroatoms. The highest BCUT2D eigenvalue weighted by Gasteiger charge is 2.10. The average molecular weight is 390 g/mol. The molecule has 0 saturated heterocycles. The molecule has 3 aromatic rings. The van der Waals surface area contributed by atoms with E-state index in [1.807, 2.05) is 30.5 Å². The normalized spacial score (nSPS) is 10.7. The van der Waals surface area contributed by atoms with Crippen LogP contribution in [0.15, 0.2) is 42.0 Å². The van der Waals surface area contributed by atoms with Crippen LogP contribution in [0.2, 0.25) is 5.02 Å². The van der Waals surface area contributed by atoms with E-state index >= 15 is 0 Å². The number of hydrogen-bond donors (Lipinski definition) is 1. The highest BCUT2D eigenvalue weighted by atomic mass is 35.5. The first-order chi connectivity index (χ1) is 12.5. The van der Waals surface area contributed by atoms with Gasteiger partial charge >= 0.3 is 0 Å². The maximum atomic E-state index is 12.2. The number of halogens is 1. The van der Waals surface area contributed by atoms with Gasteiger partial charge in [0, 0.05) is 18.3 Å². The lowest BCUT2D eigenvalue weighted by Crippen LogP contribution is -2.26. The van der Waals surface area contributed by atoms with Gasteiger partial charge in [-0.25, -0.2) is 0 Å². The third kappa shape index (κ3) is 4.86. The van der Waals surface area contributed by atoms with E-state index in [-0.39, 0.29) is 5.91 Å². The molecule has 0 fully saturated rings. The molecule has 0 aliphatic rings. The molecule has 2 aromatic heterocycles. The molecule has 2 heterocycles. The Balaban J connectivity index is 1.49. The monoisotopic (exact) mass is 389 g/mol. The summed E-state index contributed by atoms with van der Waals surface area (Å²) in [4.78, 5) is 12.9. The summed E-state index contributed by atoms with van der Waals surface area (Å²) in [6, 6.07) is 7.97. The smallest absolute Gasteiger partial charge is 0.261 e. The predicted octanol–water partition coefficient (Wildman–Crippen LogP) is 4.22. The van der Waals surface area contributed by atoms with Crippen molar-refractivity contribution in [3.63, 3.8) is 0 Å². The minimum absolute atomic E-state index is 0.0916. The Kier molecular flexibility index (Phi) is 5.96. The first-order valence-electron chi connectivity index (χ1n) is 8.25. The van der Waals surface area contributed by atoms with Gasteiger partial charge in [-0.05, 0) is 36.9 Å². The van der Waals surface area contributed by atoms with E-state index in [9.17, 15) is 4.79 Å². The summed E-state index contributed by atoms with van der Waals surface area (Å²) in [7, 11) is 0. The number of carbonyl (C=O) groups excluding carboxylic acids is 1. The van der Waals surface area contributed by atoms with Crippen LogP contribution in [0.5, 0.6) is 5.75 Å². The Morgan fingerprint density at radius 3 is 2.92 bits per heavy atom. The Morgan fingerprint density at radius 2 is 2.19 bits per heavy atom. The fourth-order valence-corrected chi connectivity index (χ4v) is 3.49. The van der Waals surface area contributed by atoms with Crippen molar-refractivity contribution in [2.45, 2.75) is 27.0 Å². The van der Waals surface area contributed by atoms with Gasteiger partial charge in [-0.1, -0.05) is 29.3 Å². The van der Waals surface area contributed by atoms with Crippen molar-refractivity contribution in [3.8, 4) is 5.75 Å². The largest absolute Gasteiger partial charge is 0.489 e. The van der Waals surface area contributed by atoms with E-state index in [1.165, 1.54) is 16.9 Å².